The number of ether oxygens (including phenoxy) is 1. The average molecular weight is 278 g/mol. The van der Waals surface area contributed by atoms with E-state index in [1.54, 1.807) is 0 Å². The number of nitrogens with two attached hydrogens (primary N) is 1. The molecule has 10 heteroatoms. The fraction of sp³-hybridized carbons (Fsp3) is 0.200. The van der Waals surface area contributed by atoms with E-state index in [1.807, 2.05) is 0 Å². The molecule has 20 heavy (non-hydrogen) atoms. The van der Waals surface area contributed by atoms with Crippen LogP contribution in [-0.4, -0.2) is 31.1 Å². The minimum atomic E-state index is -1.14. The number of hydrogen-bond donors (Lipinski definition) is 1. The van der Waals surface area contributed by atoms with Gasteiger partial charge in [0.15, 0.2) is 0 Å². The lowest BCUT2D eigenvalue weighted by atomic mass is 10.2. The molecule has 0 bridgehead atoms. The molecule has 104 valence electrons. The predicted molar refractivity (Wildman–Crippen MR) is 63.9 cm³/mol. The molecule has 2 rings (SSSR count). The second kappa shape index (κ2) is 5.84. The molecule has 1 aromatic heterocycles. The smallest absolute Gasteiger partial charge is 0.346 e. The Hall–Kier alpha value is -2.88. The summed E-state index contributed by atoms with van der Waals surface area (Å²) < 4.78 is 6.02. The minimum Gasteiger partial charge on any atom is -0.458 e. The number of nitrogens with zero attached hydrogens (tertiary/aromatic N) is 5. The van der Waals surface area contributed by atoms with Crippen molar-refractivity contribution in [3.63, 3.8) is 0 Å². The van der Waals surface area contributed by atoms with Gasteiger partial charge in [-0.1, -0.05) is 0 Å². The maximum atomic E-state index is 11.6. The number of benzene rings is 1. The third-order valence-electron chi connectivity index (χ3n) is 2.42. The minimum absolute atomic E-state index is 0.0366. The fourth-order valence-electron chi connectivity index (χ4n) is 1.36. The quantitative estimate of drug-likeness (QED) is 0.450. The van der Waals surface area contributed by atoms with E-state index >= 15 is 0 Å². The van der Waals surface area contributed by atoms with Crippen LogP contribution in [0.15, 0.2) is 30.6 Å². The first-order valence-electron chi connectivity index (χ1n) is 5.46. The summed E-state index contributed by atoms with van der Waals surface area (Å²) in [6.07, 6.45) is 0.0562. The number of aromatic nitrogens is 4. The van der Waals surface area contributed by atoms with E-state index in [9.17, 15) is 14.9 Å². The number of carbonyl (C=O) groups is 1. The van der Waals surface area contributed by atoms with Crippen LogP contribution in [0.2, 0.25) is 0 Å². The zero-order valence-electron chi connectivity index (χ0n) is 10.1. The van der Waals surface area contributed by atoms with Crippen molar-refractivity contribution in [1.29, 1.82) is 0 Å². The first-order chi connectivity index (χ1) is 9.58. The van der Waals surface area contributed by atoms with Crippen LogP contribution in [0.3, 0.4) is 0 Å². The number of esters is 1. The molecular weight excluding hydrogens is 268 g/mol. The van der Waals surface area contributed by atoms with E-state index in [2.05, 4.69) is 15.5 Å². The Morgan fingerprint density at radius 2 is 2.15 bits per heavy atom. The van der Waals surface area contributed by atoms with Gasteiger partial charge in [0, 0.05) is 12.1 Å². The van der Waals surface area contributed by atoms with Gasteiger partial charge in [-0.15, -0.1) is 5.10 Å². The lowest BCUT2D eigenvalue weighted by molar-refractivity contribution is -0.384. The van der Waals surface area contributed by atoms with Crippen molar-refractivity contribution < 1.29 is 14.5 Å². The number of tetrazole rings is 1. The predicted octanol–water partition coefficient (Wildman–Crippen LogP) is -0.218. The van der Waals surface area contributed by atoms with Crippen molar-refractivity contribution in [2.75, 3.05) is 0 Å². The first kappa shape index (κ1) is 13.5. The largest absolute Gasteiger partial charge is 0.458 e. The molecule has 0 saturated heterocycles. The van der Waals surface area contributed by atoms with Crippen molar-refractivity contribution in [3.8, 4) is 0 Å². The maximum absolute atomic E-state index is 11.6. The lowest BCUT2D eigenvalue weighted by Gasteiger charge is -2.10. The third kappa shape index (κ3) is 3.11. The van der Waals surface area contributed by atoms with Crippen LogP contribution in [0.5, 0.6) is 0 Å². The maximum Gasteiger partial charge on any atom is 0.346 e. The number of non-ortho nitro benzene ring substituents is 1. The van der Waals surface area contributed by atoms with Gasteiger partial charge >= 0.3 is 5.97 Å². The molecule has 2 aromatic rings. The molecule has 0 radical (unpaired) electrons. The summed E-state index contributed by atoms with van der Waals surface area (Å²) in [6, 6.07) is 5.64. The van der Waals surface area contributed by atoms with Crippen molar-refractivity contribution >= 4 is 11.7 Å². The first-order valence-corrected chi connectivity index (χ1v) is 5.46. The normalized spacial score (nSPS) is 11.8. The zero-order valence-corrected chi connectivity index (χ0v) is 10.1. The van der Waals surface area contributed by atoms with Crippen LogP contribution in [0.4, 0.5) is 5.69 Å². The van der Waals surface area contributed by atoms with Crippen LogP contribution in [0.1, 0.15) is 11.7 Å². The molecule has 0 aliphatic carbocycles. The molecule has 0 spiro atoms. The highest BCUT2D eigenvalue weighted by Gasteiger charge is 2.18. The van der Waals surface area contributed by atoms with Gasteiger partial charge in [0.25, 0.3) is 5.69 Å². The van der Waals surface area contributed by atoms with E-state index in [0.29, 0.717) is 5.56 Å². The summed E-state index contributed by atoms with van der Waals surface area (Å²) in [5, 5.41) is 20.7. The molecule has 1 unspecified atom stereocenters. The Labute approximate surface area is 112 Å². The molecule has 0 amide bonds. The van der Waals surface area contributed by atoms with Gasteiger partial charge in [0.2, 0.25) is 6.17 Å². The number of nitro benzene ring substituents is 1. The standard InChI is InChI=1S/C10H10N6O4/c11-9(15-6-12-13-14-15)10(17)20-5-7-1-3-8(4-2-7)16(18)19/h1-4,6,9H,5,11H2. The highest BCUT2D eigenvalue weighted by molar-refractivity contribution is 5.73. The molecule has 0 saturated carbocycles. The van der Waals surface area contributed by atoms with Gasteiger partial charge in [0.05, 0.1) is 4.92 Å². The molecule has 10 nitrogen and oxygen atoms in total. The molecule has 1 atom stereocenters. The Morgan fingerprint density at radius 3 is 2.70 bits per heavy atom. The van der Waals surface area contributed by atoms with Crippen LogP contribution in [0, 0.1) is 10.1 Å². The molecule has 0 fully saturated rings. The number of rotatable bonds is 5. The van der Waals surface area contributed by atoms with Gasteiger partial charge in [-0.3, -0.25) is 10.1 Å². The molecular formula is C10H10N6O4. The summed E-state index contributed by atoms with van der Waals surface area (Å²) in [6.45, 7) is -0.0490. The zero-order chi connectivity index (χ0) is 14.5. The molecule has 2 N–H and O–H groups in total. The van der Waals surface area contributed by atoms with Crippen molar-refractivity contribution in [1.82, 2.24) is 20.2 Å². The van der Waals surface area contributed by atoms with E-state index in [0.717, 1.165) is 4.68 Å². The molecule has 1 aromatic carbocycles. The van der Waals surface area contributed by atoms with Crippen molar-refractivity contribution in [2.24, 2.45) is 5.73 Å². The van der Waals surface area contributed by atoms with Gasteiger partial charge in [0.1, 0.15) is 12.9 Å². The summed E-state index contributed by atoms with van der Waals surface area (Å²) >= 11 is 0. The topological polar surface area (TPSA) is 139 Å². The third-order valence-corrected chi connectivity index (χ3v) is 2.42. The summed E-state index contributed by atoms with van der Waals surface area (Å²) in [7, 11) is 0. The Morgan fingerprint density at radius 1 is 1.45 bits per heavy atom. The van der Waals surface area contributed by atoms with Crippen LogP contribution < -0.4 is 5.73 Å². The van der Waals surface area contributed by atoms with Gasteiger partial charge in [-0.05, 0) is 28.1 Å². The van der Waals surface area contributed by atoms with Crippen LogP contribution in [-0.2, 0) is 16.1 Å². The Bertz CT molecular complexity index is 597. The Kier molecular flexibility index (Phi) is 3.96. The lowest BCUT2D eigenvalue weighted by Crippen LogP contribution is -2.29. The highest BCUT2D eigenvalue weighted by atomic mass is 16.6. The molecule has 0 aliphatic rings. The molecule has 1 heterocycles. The number of nitro groups is 1. The van der Waals surface area contributed by atoms with E-state index in [1.165, 1.54) is 30.6 Å². The SMILES string of the molecule is NC(C(=O)OCc1ccc([N+](=O)[O-])cc1)n1cnnn1. The average Bonchev–Trinajstić information content (AvgIpc) is 2.98. The second-order valence-corrected chi connectivity index (χ2v) is 3.77. The van der Waals surface area contributed by atoms with Gasteiger partial charge < -0.3 is 10.5 Å². The number of carbonyl (C=O) groups excluding carboxylic acids is 1. The highest BCUT2D eigenvalue weighted by Crippen LogP contribution is 2.13. The van der Waals surface area contributed by atoms with E-state index < -0.39 is 17.1 Å². The van der Waals surface area contributed by atoms with E-state index in [-0.39, 0.29) is 12.3 Å². The van der Waals surface area contributed by atoms with Crippen LogP contribution >= 0.6 is 0 Å². The van der Waals surface area contributed by atoms with Gasteiger partial charge in [-0.25, -0.2) is 9.48 Å². The van der Waals surface area contributed by atoms with Crippen molar-refractivity contribution in [3.05, 3.63) is 46.3 Å². The summed E-state index contributed by atoms with van der Waals surface area (Å²) in [5.41, 5.74) is 6.14. The number of hydrogen-bond acceptors (Lipinski definition) is 8. The second-order valence-electron chi connectivity index (χ2n) is 3.77. The Balaban J connectivity index is 1.91. The summed E-state index contributed by atoms with van der Waals surface area (Å²) in [5.74, 6) is -0.712. The monoisotopic (exact) mass is 278 g/mol. The molecule has 0 aliphatic heterocycles. The fourth-order valence-corrected chi connectivity index (χ4v) is 1.36. The van der Waals surface area contributed by atoms with Crippen LogP contribution in [0.25, 0.3) is 0 Å². The summed E-state index contributed by atoms with van der Waals surface area (Å²) in [4.78, 5) is 21.6. The van der Waals surface area contributed by atoms with Crippen molar-refractivity contribution in [2.45, 2.75) is 12.8 Å². The van der Waals surface area contributed by atoms with E-state index in [4.69, 9.17) is 10.5 Å². The van der Waals surface area contributed by atoms with Gasteiger partial charge in [-0.2, -0.15) is 0 Å².